The first-order valence-corrected chi connectivity index (χ1v) is 8.21. The van der Waals surface area contributed by atoms with E-state index in [4.69, 9.17) is 12.2 Å². The summed E-state index contributed by atoms with van der Waals surface area (Å²) in [4.78, 5) is 16.1. The number of aromatic nitrogens is 1. The van der Waals surface area contributed by atoms with Crippen molar-refractivity contribution in [1.29, 1.82) is 0 Å². The molecule has 0 fully saturated rings. The van der Waals surface area contributed by atoms with Crippen molar-refractivity contribution in [2.45, 2.75) is 26.3 Å². The molecule has 0 aliphatic rings. The van der Waals surface area contributed by atoms with Gasteiger partial charge in [-0.1, -0.05) is 28.1 Å². The van der Waals surface area contributed by atoms with Crippen LogP contribution >= 0.6 is 39.5 Å². The SMILES string of the molecule is Cc1[nH]c(=S)sc1CC(=O)NC(C)c1ccc(Br)cc1. The Balaban J connectivity index is 1.99. The van der Waals surface area contributed by atoms with Crippen LogP contribution in [0.4, 0.5) is 0 Å². The van der Waals surface area contributed by atoms with Gasteiger partial charge in [-0.05, 0) is 43.8 Å². The normalized spacial score (nSPS) is 12.2. The van der Waals surface area contributed by atoms with Crippen molar-refractivity contribution in [3.8, 4) is 0 Å². The molecule has 0 saturated heterocycles. The van der Waals surface area contributed by atoms with Crippen LogP contribution in [0.5, 0.6) is 0 Å². The summed E-state index contributed by atoms with van der Waals surface area (Å²) < 4.78 is 1.74. The third-order valence-electron chi connectivity index (χ3n) is 2.99. The lowest BCUT2D eigenvalue weighted by Crippen LogP contribution is -2.28. The summed E-state index contributed by atoms with van der Waals surface area (Å²) in [5.41, 5.74) is 2.06. The molecule has 0 aliphatic carbocycles. The highest BCUT2D eigenvalue weighted by Gasteiger charge is 2.12. The van der Waals surface area contributed by atoms with Gasteiger partial charge in [0.1, 0.15) is 0 Å². The van der Waals surface area contributed by atoms with E-state index in [2.05, 4.69) is 26.2 Å². The van der Waals surface area contributed by atoms with Crippen LogP contribution in [0, 0.1) is 10.9 Å². The highest BCUT2D eigenvalue weighted by molar-refractivity contribution is 9.10. The fraction of sp³-hybridized carbons (Fsp3) is 0.286. The molecule has 106 valence electrons. The molecule has 1 heterocycles. The number of hydrogen-bond acceptors (Lipinski definition) is 3. The zero-order chi connectivity index (χ0) is 14.7. The van der Waals surface area contributed by atoms with Gasteiger partial charge >= 0.3 is 0 Å². The maximum Gasteiger partial charge on any atom is 0.225 e. The number of hydrogen-bond donors (Lipinski definition) is 2. The minimum Gasteiger partial charge on any atom is -0.349 e. The van der Waals surface area contributed by atoms with E-state index in [9.17, 15) is 4.79 Å². The molecular formula is C14H15BrN2OS2. The van der Waals surface area contributed by atoms with Crippen molar-refractivity contribution in [3.63, 3.8) is 0 Å². The Morgan fingerprint density at radius 1 is 1.45 bits per heavy atom. The van der Waals surface area contributed by atoms with Crippen molar-refractivity contribution in [2.24, 2.45) is 0 Å². The number of benzene rings is 1. The van der Waals surface area contributed by atoms with Gasteiger partial charge in [-0.25, -0.2) is 0 Å². The summed E-state index contributed by atoms with van der Waals surface area (Å²) in [6.07, 6.45) is 0.366. The summed E-state index contributed by atoms with van der Waals surface area (Å²) in [7, 11) is 0. The van der Waals surface area contributed by atoms with Crippen LogP contribution < -0.4 is 5.32 Å². The Morgan fingerprint density at radius 3 is 2.65 bits per heavy atom. The predicted molar refractivity (Wildman–Crippen MR) is 88.6 cm³/mol. The number of carbonyl (C=O) groups is 1. The average molecular weight is 371 g/mol. The lowest BCUT2D eigenvalue weighted by Gasteiger charge is -2.14. The molecule has 1 amide bonds. The average Bonchev–Trinajstić information content (AvgIpc) is 2.68. The molecule has 3 nitrogen and oxygen atoms in total. The first-order chi connectivity index (χ1) is 9.45. The summed E-state index contributed by atoms with van der Waals surface area (Å²) in [6.45, 7) is 3.92. The number of nitrogens with one attached hydrogen (secondary N) is 2. The fourth-order valence-electron chi connectivity index (χ4n) is 1.88. The summed E-state index contributed by atoms with van der Waals surface area (Å²) in [6, 6.07) is 7.93. The van der Waals surface area contributed by atoms with E-state index >= 15 is 0 Å². The number of rotatable bonds is 4. The molecule has 1 unspecified atom stereocenters. The van der Waals surface area contributed by atoms with Crippen LogP contribution in [0.25, 0.3) is 0 Å². The van der Waals surface area contributed by atoms with E-state index in [1.807, 2.05) is 38.1 Å². The monoisotopic (exact) mass is 370 g/mol. The van der Waals surface area contributed by atoms with Gasteiger partial charge in [0, 0.05) is 15.0 Å². The summed E-state index contributed by atoms with van der Waals surface area (Å²) >= 11 is 9.94. The zero-order valence-electron chi connectivity index (χ0n) is 11.2. The minimum atomic E-state index is -0.0113. The van der Waals surface area contributed by atoms with Crippen LogP contribution in [0.2, 0.25) is 0 Å². The highest BCUT2D eigenvalue weighted by Crippen LogP contribution is 2.18. The van der Waals surface area contributed by atoms with Crippen molar-refractivity contribution < 1.29 is 4.79 Å². The number of aromatic amines is 1. The van der Waals surface area contributed by atoms with E-state index in [0.717, 1.165) is 20.6 Å². The minimum absolute atomic E-state index is 0.00812. The Hall–Kier alpha value is -0.980. The third kappa shape index (κ3) is 4.01. The molecule has 1 aromatic heterocycles. The van der Waals surface area contributed by atoms with Gasteiger partial charge in [0.05, 0.1) is 12.5 Å². The standard InChI is InChI=1S/C14H15BrN2OS2/c1-8(10-3-5-11(15)6-4-10)16-13(18)7-12-9(2)17-14(19)20-12/h3-6,8H,7H2,1-2H3,(H,16,18)(H,17,19). The lowest BCUT2D eigenvalue weighted by atomic mass is 10.1. The topological polar surface area (TPSA) is 44.9 Å². The number of H-pyrrole nitrogens is 1. The molecule has 2 aromatic rings. The third-order valence-corrected chi connectivity index (χ3v) is 4.86. The van der Waals surface area contributed by atoms with Crippen molar-refractivity contribution in [1.82, 2.24) is 10.3 Å². The van der Waals surface area contributed by atoms with Gasteiger partial charge in [-0.2, -0.15) is 0 Å². The number of aryl methyl sites for hydroxylation is 1. The molecule has 2 N–H and O–H groups in total. The van der Waals surface area contributed by atoms with E-state index in [1.165, 1.54) is 11.3 Å². The van der Waals surface area contributed by atoms with E-state index in [1.54, 1.807) is 0 Å². The van der Waals surface area contributed by atoms with Crippen LogP contribution in [0.15, 0.2) is 28.7 Å². The largest absolute Gasteiger partial charge is 0.349 e. The molecule has 6 heteroatoms. The molecule has 1 atom stereocenters. The molecule has 1 aromatic carbocycles. The molecule has 20 heavy (non-hydrogen) atoms. The van der Waals surface area contributed by atoms with Gasteiger partial charge in [-0.3, -0.25) is 4.79 Å². The van der Waals surface area contributed by atoms with E-state index < -0.39 is 0 Å². The van der Waals surface area contributed by atoms with Crippen LogP contribution in [0.1, 0.15) is 29.1 Å². The summed E-state index contributed by atoms with van der Waals surface area (Å²) in [5.74, 6) is 0.00812. The second kappa shape index (κ2) is 6.65. The van der Waals surface area contributed by atoms with Gasteiger partial charge in [0.15, 0.2) is 3.95 Å². The second-order valence-electron chi connectivity index (χ2n) is 4.58. The Kier molecular flexibility index (Phi) is 5.12. The first-order valence-electron chi connectivity index (χ1n) is 6.19. The highest BCUT2D eigenvalue weighted by atomic mass is 79.9. The maximum absolute atomic E-state index is 12.1. The van der Waals surface area contributed by atoms with Crippen LogP contribution in [0.3, 0.4) is 0 Å². The van der Waals surface area contributed by atoms with Gasteiger partial charge in [0.2, 0.25) is 5.91 Å². The van der Waals surface area contributed by atoms with E-state index in [-0.39, 0.29) is 11.9 Å². The molecule has 0 aliphatic heterocycles. The molecule has 0 radical (unpaired) electrons. The second-order valence-corrected chi connectivity index (χ2v) is 7.27. The Morgan fingerprint density at radius 2 is 2.10 bits per heavy atom. The molecule has 0 spiro atoms. The quantitative estimate of drug-likeness (QED) is 0.788. The van der Waals surface area contributed by atoms with Crippen molar-refractivity contribution in [3.05, 3.63) is 48.8 Å². The van der Waals surface area contributed by atoms with Crippen LogP contribution in [-0.4, -0.2) is 10.9 Å². The number of halogens is 1. The predicted octanol–water partition coefficient (Wildman–Crippen LogP) is 4.30. The maximum atomic E-state index is 12.1. The van der Waals surface area contributed by atoms with Crippen LogP contribution in [-0.2, 0) is 11.2 Å². The first kappa shape index (κ1) is 15.4. The number of thiazole rings is 1. The Bertz CT molecular complexity index is 661. The lowest BCUT2D eigenvalue weighted by molar-refractivity contribution is -0.121. The molecule has 0 bridgehead atoms. The zero-order valence-corrected chi connectivity index (χ0v) is 14.4. The molecular weight excluding hydrogens is 356 g/mol. The fourth-order valence-corrected chi connectivity index (χ4v) is 3.43. The number of carbonyl (C=O) groups excluding carboxylic acids is 1. The molecule has 0 saturated carbocycles. The van der Waals surface area contributed by atoms with Crippen molar-refractivity contribution >= 4 is 45.4 Å². The van der Waals surface area contributed by atoms with Gasteiger partial charge in [0.25, 0.3) is 0 Å². The smallest absolute Gasteiger partial charge is 0.225 e. The molecule has 2 rings (SSSR count). The van der Waals surface area contributed by atoms with Gasteiger partial charge < -0.3 is 10.3 Å². The summed E-state index contributed by atoms with van der Waals surface area (Å²) in [5, 5.41) is 3.01. The van der Waals surface area contributed by atoms with E-state index in [0.29, 0.717) is 10.4 Å². The Labute approximate surface area is 135 Å². The van der Waals surface area contributed by atoms with Gasteiger partial charge in [-0.15, -0.1) is 11.3 Å². The van der Waals surface area contributed by atoms with Crippen molar-refractivity contribution in [2.75, 3.05) is 0 Å². The number of amides is 1.